The number of nitrogens with two attached hydrogens (primary N) is 1. The summed E-state index contributed by atoms with van der Waals surface area (Å²) in [4.78, 5) is 31.7. The molecule has 2 amide bonds. The molecule has 4 N–H and O–H groups in total. The molecular weight excluding hydrogens is 482 g/mol. The first kappa shape index (κ1) is 25.1. The molecule has 0 saturated carbocycles. The molecule has 0 spiro atoms. The van der Waals surface area contributed by atoms with Crippen LogP contribution in [0.5, 0.6) is 5.75 Å². The highest BCUT2D eigenvalue weighted by Crippen LogP contribution is 2.50. The van der Waals surface area contributed by atoms with Crippen LogP contribution >= 0.6 is 0 Å². The first-order chi connectivity index (χ1) is 17.2. The van der Waals surface area contributed by atoms with E-state index in [4.69, 9.17) is 10.5 Å². The maximum absolute atomic E-state index is 15.0. The number of fused-ring (bicyclic) bond motifs is 2. The van der Waals surface area contributed by atoms with Gasteiger partial charge in [-0.15, -0.1) is 0 Å². The number of aliphatic hydroxyl groups is 1. The van der Waals surface area contributed by atoms with Gasteiger partial charge in [0.1, 0.15) is 17.5 Å². The number of carbonyl (C=O) groups excluding carboxylic acids is 2. The van der Waals surface area contributed by atoms with Gasteiger partial charge in [0.25, 0.3) is 11.8 Å². The zero-order valence-corrected chi connectivity index (χ0v) is 21.1. The minimum atomic E-state index is -3.21. The molecule has 1 aliphatic carbocycles. The predicted molar refractivity (Wildman–Crippen MR) is 132 cm³/mol. The number of halogens is 2. The summed E-state index contributed by atoms with van der Waals surface area (Å²) in [6.45, 7) is 6.94. The van der Waals surface area contributed by atoms with E-state index in [9.17, 15) is 23.5 Å². The van der Waals surface area contributed by atoms with E-state index in [1.807, 2.05) is 0 Å². The summed E-state index contributed by atoms with van der Waals surface area (Å²) in [7, 11) is 0. The highest BCUT2D eigenvalue weighted by atomic mass is 19.3. The predicted octanol–water partition coefficient (Wildman–Crippen LogP) is 3.55. The summed E-state index contributed by atoms with van der Waals surface area (Å²) in [5.41, 5.74) is 5.00. The number of hydrogen-bond donors (Lipinski definition) is 3. The summed E-state index contributed by atoms with van der Waals surface area (Å²) >= 11 is 0. The number of hydrogen-bond acceptors (Lipinski definition) is 6. The second kappa shape index (κ2) is 8.24. The number of aliphatic imine (C=N–C) groups is 1. The number of benzene rings is 2. The van der Waals surface area contributed by atoms with E-state index in [2.05, 4.69) is 10.3 Å². The average Bonchev–Trinajstić information content (AvgIpc) is 3.05. The topological polar surface area (TPSA) is 117 Å². The first-order valence-corrected chi connectivity index (χ1v) is 12.2. The number of ether oxygens (including phenoxy) is 1. The number of nitrogens with zero attached hydrogens (tertiary/aromatic N) is 2. The van der Waals surface area contributed by atoms with E-state index in [1.54, 1.807) is 52.0 Å². The molecule has 0 bridgehead atoms. The molecule has 3 atom stereocenters. The van der Waals surface area contributed by atoms with Crippen LogP contribution < -0.4 is 15.8 Å². The van der Waals surface area contributed by atoms with Gasteiger partial charge >= 0.3 is 0 Å². The number of alkyl halides is 2. The molecule has 8 nitrogen and oxygen atoms in total. The van der Waals surface area contributed by atoms with Gasteiger partial charge in [-0.25, -0.2) is 13.8 Å². The maximum Gasteiger partial charge on any atom is 0.275 e. The van der Waals surface area contributed by atoms with Gasteiger partial charge in [-0.3, -0.25) is 14.5 Å². The van der Waals surface area contributed by atoms with E-state index in [-0.39, 0.29) is 29.1 Å². The molecular formula is C27H30F2N4O4. The first-order valence-electron chi connectivity index (χ1n) is 12.2. The number of aliphatic hydroxyl groups excluding tert-OH is 1. The van der Waals surface area contributed by atoms with Gasteiger partial charge in [0.2, 0.25) is 5.91 Å². The zero-order valence-electron chi connectivity index (χ0n) is 21.1. The van der Waals surface area contributed by atoms with Gasteiger partial charge in [0, 0.05) is 23.1 Å². The minimum Gasteiger partial charge on any atom is -0.485 e. The SMILES string of the molecule is CC1(C)CC(=O)N([C@@H]2CC(F)(F)c3ccc(C(=O)N[C@@H]4c5ccccc5OC(C)(C)[C@H]4O)cc32)C(N)=N1. The maximum atomic E-state index is 15.0. The zero-order chi connectivity index (χ0) is 26.9. The molecule has 0 unspecified atom stereocenters. The van der Waals surface area contributed by atoms with Gasteiger partial charge in [0.15, 0.2) is 5.96 Å². The minimum absolute atomic E-state index is 0.0299. The van der Waals surface area contributed by atoms with Crippen LogP contribution in [-0.4, -0.2) is 45.0 Å². The molecule has 0 fully saturated rings. The molecule has 2 heterocycles. The van der Waals surface area contributed by atoms with Gasteiger partial charge in [-0.1, -0.05) is 24.3 Å². The number of rotatable bonds is 3. The van der Waals surface area contributed by atoms with E-state index in [0.717, 1.165) is 4.90 Å². The van der Waals surface area contributed by atoms with Crippen LogP contribution in [0.15, 0.2) is 47.5 Å². The van der Waals surface area contributed by atoms with Gasteiger partial charge in [-0.05, 0) is 51.5 Å². The second-order valence-electron chi connectivity index (χ2n) is 11.1. The van der Waals surface area contributed by atoms with Gasteiger partial charge < -0.3 is 20.9 Å². The summed E-state index contributed by atoms with van der Waals surface area (Å²) in [6, 6.07) is 9.16. The Morgan fingerprint density at radius 1 is 1.16 bits per heavy atom. The van der Waals surface area contributed by atoms with Crippen molar-refractivity contribution in [1.29, 1.82) is 0 Å². The van der Waals surface area contributed by atoms with Crippen molar-refractivity contribution in [2.45, 2.75) is 75.8 Å². The van der Waals surface area contributed by atoms with Crippen molar-refractivity contribution in [2.75, 3.05) is 0 Å². The number of guanidine groups is 1. The highest BCUT2D eigenvalue weighted by Gasteiger charge is 2.50. The van der Waals surface area contributed by atoms with Crippen molar-refractivity contribution in [3.05, 3.63) is 64.7 Å². The van der Waals surface area contributed by atoms with E-state index < -0.39 is 53.5 Å². The molecule has 5 rings (SSSR count). The Kier molecular flexibility index (Phi) is 5.60. The smallest absolute Gasteiger partial charge is 0.275 e. The fourth-order valence-corrected chi connectivity index (χ4v) is 5.45. The summed E-state index contributed by atoms with van der Waals surface area (Å²) < 4.78 is 35.9. The summed E-state index contributed by atoms with van der Waals surface area (Å²) in [5, 5.41) is 13.8. The van der Waals surface area contributed by atoms with Crippen molar-refractivity contribution in [3.8, 4) is 5.75 Å². The van der Waals surface area contributed by atoms with Crippen molar-refractivity contribution >= 4 is 17.8 Å². The fourth-order valence-electron chi connectivity index (χ4n) is 5.45. The Morgan fingerprint density at radius 3 is 2.57 bits per heavy atom. The quantitative estimate of drug-likeness (QED) is 0.582. The van der Waals surface area contributed by atoms with Crippen LogP contribution in [0.3, 0.4) is 0 Å². The molecule has 0 aromatic heterocycles. The molecule has 37 heavy (non-hydrogen) atoms. The summed E-state index contributed by atoms with van der Waals surface area (Å²) in [5.74, 6) is -3.74. The number of para-hydroxylation sites is 1. The fraction of sp³-hybridized carbons (Fsp3) is 0.444. The summed E-state index contributed by atoms with van der Waals surface area (Å²) in [6.07, 6.45) is -1.69. The van der Waals surface area contributed by atoms with Crippen LogP contribution in [0.1, 0.15) is 79.7 Å². The third kappa shape index (κ3) is 4.22. The van der Waals surface area contributed by atoms with Gasteiger partial charge in [0.05, 0.1) is 24.0 Å². The lowest BCUT2D eigenvalue weighted by Crippen LogP contribution is -2.53. The lowest BCUT2D eigenvalue weighted by atomic mass is 9.86. The Morgan fingerprint density at radius 2 is 1.86 bits per heavy atom. The second-order valence-corrected chi connectivity index (χ2v) is 11.1. The number of amides is 2. The van der Waals surface area contributed by atoms with E-state index in [1.165, 1.54) is 18.2 Å². The third-order valence-electron chi connectivity index (χ3n) is 7.29. The van der Waals surface area contributed by atoms with Crippen molar-refractivity contribution < 1.29 is 28.2 Å². The molecule has 2 aliphatic heterocycles. The number of nitrogens with one attached hydrogen (secondary N) is 1. The normalized spacial score (nSPS) is 27.0. The van der Waals surface area contributed by atoms with Crippen LogP contribution in [0.4, 0.5) is 8.78 Å². The molecule has 2 aromatic carbocycles. The third-order valence-corrected chi connectivity index (χ3v) is 7.29. The monoisotopic (exact) mass is 512 g/mol. The molecule has 0 saturated heterocycles. The van der Waals surface area contributed by atoms with Crippen molar-refractivity contribution in [3.63, 3.8) is 0 Å². The van der Waals surface area contributed by atoms with Gasteiger partial charge in [-0.2, -0.15) is 0 Å². The molecule has 10 heteroatoms. The molecule has 196 valence electrons. The number of carbonyl (C=O) groups is 2. The van der Waals surface area contributed by atoms with E-state index >= 15 is 0 Å². The van der Waals surface area contributed by atoms with Crippen LogP contribution in [-0.2, 0) is 10.7 Å². The lowest BCUT2D eigenvalue weighted by molar-refractivity contribution is -0.132. The largest absolute Gasteiger partial charge is 0.485 e. The Labute approximate surface area is 213 Å². The average molecular weight is 513 g/mol. The lowest BCUT2D eigenvalue weighted by Gasteiger charge is -2.42. The molecule has 0 radical (unpaired) electrons. The van der Waals surface area contributed by atoms with Crippen molar-refractivity contribution in [1.82, 2.24) is 10.2 Å². The Hall–Kier alpha value is -3.53. The Balaban J connectivity index is 1.49. The van der Waals surface area contributed by atoms with Crippen LogP contribution in [0.2, 0.25) is 0 Å². The van der Waals surface area contributed by atoms with Crippen LogP contribution in [0.25, 0.3) is 0 Å². The van der Waals surface area contributed by atoms with E-state index in [0.29, 0.717) is 11.3 Å². The standard InChI is InChI=1S/C27H30F2N4O4/c1-25(2)13-20(34)33(24(30)32-25)18-12-27(28,29)17-10-9-14(11-16(17)18)23(36)31-21-15-7-5-6-8-19(15)37-26(3,4)22(21)35/h5-11,18,21-22,35H,12-13H2,1-4H3,(H2,30,32)(H,31,36)/t18-,21-,22+/m1/s1. The Bertz CT molecular complexity index is 1320. The van der Waals surface area contributed by atoms with Crippen molar-refractivity contribution in [2.24, 2.45) is 10.7 Å². The van der Waals surface area contributed by atoms with Crippen LogP contribution in [0, 0.1) is 0 Å². The molecule has 2 aromatic rings. The molecule has 3 aliphatic rings. The highest BCUT2D eigenvalue weighted by molar-refractivity contribution is 6.00.